The zero-order valence-electron chi connectivity index (χ0n) is 22.5. The number of morpholine rings is 1. The maximum Gasteiger partial charge on any atom is 0.410 e. The van der Waals surface area contributed by atoms with Gasteiger partial charge in [-0.1, -0.05) is 0 Å². The predicted octanol–water partition coefficient (Wildman–Crippen LogP) is 4.77. The molecule has 10 nitrogen and oxygen atoms in total. The first-order chi connectivity index (χ1) is 17.5. The quantitative estimate of drug-likeness (QED) is 0.445. The van der Waals surface area contributed by atoms with E-state index in [2.05, 4.69) is 57.4 Å². The summed E-state index contributed by atoms with van der Waals surface area (Å²) >= 11 is 3.63. The zero-order valence-corrected chi connectivity index (χ0v) is 24.1. The molecule has 3 aromatic heterocycles. The van der Waals surface area contributed by atoms with E-state index in [-0.39, 0.29) is 18.2 Å². The monoisotopic (exact) mass is 573 g/mol. The Morgan fingerprint density at radius 2 is 1.92 bits per heavy atom. The van der Waals surface area contributed by atoms with Crippen LogP contribution in [0.1, 0.15) is 58.0 Å². The van der Waals surface area contributed by atoms with Crippen molar-refractivity contribution in [2.24, 2.45) is 0 Å². The number of hydrogen-bond acceptors (Lipinski definition) is 7. The van der Waals surface area contributed by atoms with Gasteiger partial charge in [0.2, 0.25) is 0 Å². The lowest BCUT2D eigenvalue weighted by molar-refractivity contribution is 0.0184. The fourth-order valence-electron chi connectivity index (χ4n) is 5.32. The topological polar surface area (TPSA) is 90.0 Å². The molecule has 0 saturated carbocycles. The Kier molecular flexibility index (Phi) is 6.95. The van der Waals surface area contributed by atoms with Gasteiger partial charge in [0.1, 0.15) is 11.4 Å². The van der Waals surface area contributed by atoms with Crippen LogP contribution in [0, 0.1) is 13.8 Å². The number of piperidine rings is 1. The van der Waals surface area contributed by atoms with Crippen LogP contribution in [0.5, 0.6) is 0 Å². The summed E-state index contributed by atoms with van der Waals surface area (Å²) in [5.74, 6) is 0.914. The first-order valence-corrected chi connectivity index (χ1v) is 13.8. The second kappa shape index (κ2) is 9.90. The van der Waals surface area contributed by atoms with Crippen LogP contribution in [-0.4, -0.2) is 79.9 Å². The van der Waals surface area contributed by atoms with E-state index in [1.54, 1.807) is 11.1 Å². The molecule has 5 heterocycles. The van der Waals surface area contributed by atoms with Crippen molar-refractivity contribution in [3.05, 3.63) is 28.1 Å². The number of carbonyl (C=O) groups excluding carboxylic acids is 1. The summed E-state index contributed by atoms with van der Waals surface area (Å²) in [6, 6.07) is 2.57. The molecule has 0 unspecified atom stereocenters. The minimum absolute atomic E-state index is 0.214. The molecule has 2 aliphatic rings. The Morgan fingerprint density at radius 3 is 2.59 bits per heavy atom. The number of aromatic nitrogens is 5. The van der Waals surface area contributed by atoms with Crippen LogP contribution in [0.4, 0.5) is 10.6 Å². The number of amides is 1. The number of nitrogens with zero attached hydrogens (tertiary/aromatic N) is 7. The predicted molar refractivity (Wildman–Crippen MR) is 145 cm³/mol. The molecule has 0 bridgehead atoms. The molecule has 11 heteroatoms. The lowest BCUT2D eigenvalue weighted by Gasteiger charge is -2.34. The second-order valence-electron chi connectivity index (χ2n) is 11.0. The maximum absolute atomic E-state index is 12.5. The molecular weight excluding hydrogens is 538 g/mol. The highest BCUT2D eigenvalue weighted by Crippen LogP contribution is 2.35. The lowest BCUT2D eigenvalue weighted by Crippen LogP contribution is -2.44. The van der Waals surface area contributed by atoms with Crippen molar-refractivity contribution >= 4 is 33.5 Å². The van der Waals surface area contributed by atoms with Crippen molar-refractivity contribution in [3.8, 4) is 11.3 Å². The van der Waals surface area contributed by atoms with Gasteiger partial charge in [-0.05, 0) is 70.3 Å². The molecule has 2 fully saturated rings. The number of fused-ring (bicyclic) bond motifs is 1. The van der Waals surface area contributed by atoms with E-state index in [1.165, 1.54) is 0 Å². The Labute approximate surface area is 226 Å². The highest BCUT2D eigenvalue weighted by Gasteiger charge is 2.30. The Balaban J connectivity index is 1.46. The number of ether oxygens (including phenoxy) is 2. The Hall–Kier alpha value is -2.66. The SMILES string of the molecule is Cc1nn(C2CCN(C(=O)OC(C)(C)C)CC2)c(C)c1-c1cc(N2CCOC[C@H]2C)nc2c(Br)cnn12. The Morgan fingerprint density at radius 1 is 1.19 bits per heavy atom. The first-order valence-electron chi connectivity index (χ1n) is 13.0. The summed E-state index contributed by atoms with van der Waals surface area (Å²) in [5.41, 5.74) is 4.37. The summed E-state index contributed by atoms with van der Waals surface area (Å²) < 4.78 is 16.1. The molecular formula is C26H36BrN7O3. The van der Waals surface area contributed by atoms with Crippen LogP contribution >= 0.6 is 15.9 Å². The van der Waals surface area contributed by atoms with Crippen LogP contribution in [0.2, 0.25) is 0 Å². The number of carbonyl (C=O) groups is 1. The summed E-state index contributed by atoms with van der Waals surface area (Å²) in [7, 11) is 0. The lowest BCUT2D eigenvalue weighted by atomic mass is 10.0. The summed E-state index contributed by atoms with van der Waals surface area (Å²) in [5, 5.41) is 9.62. The number of hydrogen-bond donors (Lipinski definition) is 0. The van der Waals surface area contributed by atoms with Crippen molar-refractivity contribution in [1.29, 1.82) is 0 Å². The molecule has 0 aliphatic carbocycles. The molecule has 0 N–H and O–H groups in total. The fourth-order valence-corrected chi connectivity index (χ4v) is 5.67. The van der Waals surface area contributed by atoms with E-state index in [1.807, 2.05) is 25.3 Å². The summed E-state index contributed by atoms with van der Waals surface area (Å²) in [6.45, 7) is 15.5. The van der Waals surface area contributed by atoms with E-state index in [0.29, 0.717) is 26.3 Å². The van der Waals surface area contributed by atoms with E-state index < -0.39 is 5.60 Å². The van der Waals surface area contributed by atoms with Crippen molar-refractivity contribution in [3.63, 3.8) is 0 Å². The van der Waals surface area contributed by atoms with Crippen LogP contribution < -0.4 is 4.90 Å². The molecule has 200 valence electrons. The molecule has 1 atom stereocenters. The normalized spacial score (nSPS) is 19.6. The first kappa shape index (κ1) is 26.0. The van der Waals surface area contributed by atoms with Gasteiger partial charge in [0.05, 0.1) is 47.4 Å². The zero-order chi connectivity index (χ0) is 26.5. The third-order valence-corrected chi connectivity index (χ3v) is 7.68. The van der Waals surface area contributed by atoms with Gasteiger partial charge in [0.15, 0.2) is 5.65 Å². The average Bonchev–Trinajstić information content (AvgIpc) is 3.36. The molecule has 2 saturated heterocycles. The van der Waals surface area contributed by atoms with Gasteiger partial charge in [-0.2, -0.15) is 10.2 Å². The third kappa shape index (κ3) is 5.07. The second-order valence-corrected chi connectivity index (χ2v) is 11.9. The highest BCUT2D eigenvalue weighted by atomic mass is 79.9. The number of likely N-dealkylation sites (tertiary alicyclic amines) is 1. The largest absolute Gasteiger partial charge is 0.444 e. The maximum atomic E-state index is 12.5. The molecule has 0 spiro atoms. The van der Waals surface area contributed by atoms with E-state index in [9.17, 15) is 4.79 Å². The Bertz CT molecular complexity index is 1300. The molecule has 1 amide bonds. The van der Waals surface area contributed by atoms with Crippen molar-refractivity contribution < 1.29 is 14.3 Å². The molecule has 0 radical (unpaired) electrons. The smallest absolute Gasteiger partial charge is 0.410 e. The van der Waals surface area contributed by atoms with Gasteiger partial charge < -0.3 is 19.3 Å². The van der Waals surface area contributed by atoms with Crippen LogP contribution in [0.15, 0.2) is 16.7 Å². The molecule has 3 aromatic rings. The number of halogens is 1. The average molecular weight is 575 g/mol. The van der Waals surface area contributed by atoms with Gasteiger partial charge in [-0.25, -0.2) is 14.3 Å². The van der Waals surface area contributed by atoms with Crippen molar-refractivity contribution in [2.45, 2.75) is 72.1 Å². The van der Waals surface area contributed by atoms with Gasteiger partial charge >= 0.3 is 6.09 Å². The van der Waals surface area contributed by atoms with Crippen LogP contribution in [0.3, 0.4) is 0 Å². The molecule has 2 aliphatic heterocycles. The minimum atomic E-state index is -0.492. The minimum Gasteiger partial charge on any atom is -0.444 e. The van der Waals surface area contributed by atoms with Crippen LogP contribution in [0.25, 0.3) is 16.9 Å². The summed E-state index contributed by atoms with van der Waals surface area (Å²) in [4.78, 5) is 21.6. The number of rotatable bonds is 3. The van der Waals surface area contributed by atoms with Gasteiger partial charge in [0, 0.05) is 37.0 Å². The van der Waals surface area contributed by atoms with Gasteiger partial charge in [0.25, 0.3) is 0 Å². The van der Waals surface area contributed by atoms with Crippen LogP contribution in [-0.2, 0) is 9.47 Å². The van der Waals surface area contributed by atoms with Gasteiger partial charge in [-0.3, -0.25) is 4.68 Å². The van der Waals surface area contributed by atoms with E-state index in [0.717, 1.165) is 58.0 Å². The van der Waals surface area contributed by atoms with Crippen molar-refractivity contribution in [1.82, 2.24) is 29.3 Å². The third-order valence-electron chi connectivity index (χ3n) is 7.12. The fraction of sp³-hybridized carbons (Fsp3) is 0.615. The van der Waals surface area contributed by atoms with E-state index >= 15 is 0 Å². The molecule has 0 aromatic carbocycles. The highest BCUT2D eigenvalue weighted by molar-refractivity contribution is 9.10. The van der Waals surface area contributed by atoms with Gasteiger partial charge in [-0.15, -0.1) is 0 Å². The number of anilines is 1. The van der Waals surface area contributed by atoms with E-state index in [4.69, 9.17) is 19.6 Å². The van der Waals surface area contributed by atoms with Crippen molar-refractivity contribution in [2.75, 3.05) is 37.7 Å². The number of aryl methyl sites for hydroxylation is 1. The molecule has 5 rings (SSSR count). The molecule has 37 heavy (non-hydrogen) atoms. The standard InChI is InChI=1S/C26H36BrN7O3/c1-16-15-36-12-11-32(16)22-13-21(34-24(29-22)20(27)14-28-34)23-17(2)30-33(18(23)3)19-7-9-31(10-8-19)25(35)37-26(4,5)6/h13-14,16,19H,7-12,15H2,1-6H3/t16-/m1/s1. The summed E-state index contributed by atoms with van der Waals surface area (Å²) in [6.07, 6.45) is 3.21.